The van der Waals surface area contributed by atoms with Crippen molar-refractivity contribution >= 4 is 22.4 Å². The minimum absolute atomic E-state index is 0.00843. The molecule has 0 aliphatic heterocycles. The third-order valence-electron chi connectivity index (χ3n) is 2.98. The average Bonchev–Trinajstić information content (AvgIpc) is 2.68. The van der Waals surface area contributed by atoms with Gasteiger partial charge in [-0.05, 0) is 24.6 Å². The van der Waals surface area contributed by atoms with Crippen molar-refractivity contribution < 1.29 is 10.2 Å². The Morgan fingerprint density at radius 3 is 2.65 bits per heavy atom. The second-order valence-corrected chi connectivity index (χ2v) is 4.41. The molecule has 0 amide bonds. The van der Waals surface area contributed by atoms with E-state index in [0.717, 1.165) is 6.42 Å². The van der Waals surface area contributed by atoms with E-state index < -0.39 is 0 Å². The van der Waals surface area contributed by atoms with Gasteiger partial charge in [0.1, 0.15) is 0 Å². The summed E-state index contributed by atoms with van der Waals surface area (Å²) in [5.74, 6) is 0.205. The van der Waals surface area contributed by atoms with E-state index in [1.807, 2.05) is 6.92 Å². The van der Waals surface area contributed by atoms with Crippen LogP contribution in [-0.4, -0.2) is 27.3 Å². The summed E-state index contributed by atoms with van der Waals surface area (Å²) in [6, 6.07) is 5.10. The molecule has 0 aliphatic rings. The van der Waals surface area contributed by atoms with Crippen LogP contribution in [0, 0.1) is 5.53 Å². The predicted molar refractivity (Wildman–Crippen MR) is 77.6 cm³/mol. The fraction of sp³-hybridized carbons (Fsp3) is 0.308. The highest BCUT2D eigenvalue weighted by atomic mass is 16.3. The van der Waals surface area contributed by atoms with E-state index in [4.69, 9.17) is 5.53 Å². The first-order valence-corrected chi connectivity index (χ1v) is 6.27. The lowest BCUT2D eigenvalue weighted by atomic mass is 10.2. The summed E-state index contributed by atoms with van der Waals surface area (Å²) in [5.41, 5.74) is 7.71. The molecule has 0 radical (unpaired) electrons. The van der Waals surface area contributed by atoms with Crippen molar-refractivity contribution in [2.75, 3.05) is 11.9 Å². The average molecular weight is 275 g/mol. The van der Waals surface area contributed by atoms with Crippen LogP contribution in [0.2, 0.25) is 0 Å². The van der Waals surface area contributed by atoms with Gasteiger partial charge in [-0.3, -0.25) is 4.57 Å². The normalized spacial score (nSPS) is 11.8. The maximum Gasteiger partial charge on any atom is 0.241 e. The lowest BCUT2D eigenvalue weighted by molar-refractivity contribution is 0.391. The zero-order chi connectivity index (χ0) is 14.7. The van der Waals surface area contributed by atoms with Crippen LogP contribution in [0.1, 0.15) is 13.3 Å². The van der Waals surface area contributed by atoms with Crippen molar-refractivity contribution in [2.45, 2.75) is 13.3 Å². The third-order valence-corrected chi connectivity index (χ3v) is 2.98. The summed E-state index contributed by atoms with van der Waals surface area (Å²) in [6.45, 7) is 2.58. The van der Waals surface area contributed by atoms with Gasteiger partial charge in [-0.15, -0.1) is 5.11 Å². The minimum atomic E-state index is -0.0176. The molecule has 0 fully saturated rings. The molecule has 1 heterocycles. The number of benzene rings is 1. The van der Waals surface area contributed by atoms with Gasteiger partial charge in [0, 0.05) is 30.1 Å². The lowest BCUT2D eigenvalue weighted by Gasteiger charge is -2.04. The van der Waals surface area contributed by atoms with Gasteiger partial charge in [0.25, 0.3) is 0 Å². The van der Waals surface area contributed by atoms with Crippen molar-refractivity contribution in [3.63, 3.8) is 0 Å². The Hall–Kier alpha value is -2.57. The fourth-order valence-electron chi connectivity index (χ4n) is 1.91. The topological polar surface area (TPSA) is 106 Å². The number of anilines is 1. The highest BCUT2D eigenvalue weighted by molar-refractivity contribution is 5.99. The maximum absolute atomic E-state index is 9.92. The summed E-state index contributed by atoms with van der Waals surface area (Å²) >= 11 is 0. The molecule has 4 N–H and O–H groups in total. The van der Waals surface area contributed by atoms with Gasteiger partial charge in [-0.1, -0.05) is 6.92 Å². The molecule has 0 saturated carbocycles. The van der Waals surface area contributed by atoms with Gasteiger partial charge >= 0.3 is 0 Å². The molecule has 1 aromatic heterocycles. The number of aromatic nitrogens is 1. The number of nitrogens with one attached hydrogen (secondary N) is 2. The Balaban J connectivity index is 2.37. The van der Waals surface area contributed by atoms with Crippen LogP contribution in [0.4, 0.5) is 5.69 Å². The molecule has 20 heavy (non-hydrogen) atoms. The molecule has 0 spiro atoms. The van der Waals surface area contributed by atoms with E-state index in [9.17, 15) is 10.2 Å². The number of nitrogens with zero attached hydrogens (tertiary/aromatic N) is 3. The standard InChI is InChI=1S/C13H17N5O2/c1-3-6-15-13(17-14)16-8-4-5-9-10(7-8)12(20)18(2)11(9)19/h4-5,7,14,19-20H,3,6H2,1-2H3,(H,15,16). The van der Waals surface area contributed by atoms with E-state index in [1.54, 1.807) is 25.2 Å². The minimum Gasteiger partial charge on any atom is -0.494 e. The molecule has 0 unspecified atom stereocenters. The molecule has 2 aromatic rings. The quantitative estimate of drug-likeness (QED) is 0.393. The Bertz CT molecular complexity index is 675. The molecule has 0 bridgehead atoms. The Morgan fingerprint density at radius 2 is 2.00 bits per heavy atom. The predicted octanol–water partition coefficient (Wildman–Crippen LogP) is 2.80. The summed E-state index contributed by atoms with van der Waals surface area (Å²) in [7, 11) is 1.57. The van der Waals surface area contributed by atoms with Gasteiger partial charge in [-0.2, -0.15) is 0 Å². The van der Waals surface area contributed by atoms with E-state index in [-0.39, 0.29) is 17.7 Å². The van der Waals surface area contributed by atoms with Crippen molar-refractivity contribution in [3.8, 4) is 11.8 Å². The molecule has 0 atom stereocenters. The van der Waals surface area contributed by atoms with Crippen LogP contribution >= 0.6 is 0 Å². The number of hydrogen-bond donors (Lipinski definition) is 4. The highest BCUT2D eigenvalue weighted by Gasteiger charge is 2.13. The van der Waals surface area contributed by atoms with E-state index in [0.29, 0.717) is 23.0 Å². The second-order valence-electron chi connectivity index (χ2n) is 4.41. The first kappa shape index (κ1) is 13.9. The number of aliphatic imine (C=N–C) groups is 1. The molecule has 7 heteroatoms. The molecule has 0 saturated heterocycles. The van der Waals surface area contributed by atoms with Crippen LogP contribution in [0.15, 0.2) is 28.3 Å². The van der Waals surface area contributed by atoms with E-state index in [1.165, 1.54) is 4.57 Å². The van der Waals surface area contributed by atoms with Gasteiger partial charge in [-0.25, -0.2) is 10.5 Å². The number of fused-ring (bicyclic) bond motifs is 1. The Morgan fingerprint density at radius 1 is 1.30 bits per heavy atom. The van der Waals surface area contributed by atoms with E-state index in [2.05, 4.69) is 15.4 Å². The van der Waals surface area contributed by atoms with Crippen LogP contribution in [0.25, 0.3) is 10.8 Å². The number of aromatic hydroxyl groups is 2. The van der Waals surface area contributed by atoms with E-state index >= 15 is 0 Å². The van der Waals surface area contributed by atoms with Crippen molar-refractivity contribution in [3.05, 3.63) is 18.2 Å². The van der Waals surface area contributed by atoms with Gasteiger partial charge < -0.3 is 15.5 Å². The summed E-state index contributed by atoms with van der Waals surface area (Å²) in [6.07, 6.45) is 0.868. The maximum atomic E-state index is 9.92. The zero-order valence-corrected chi connectivity index (χ0v) is 11.4. The molecule has 1 aromatic carbocycles. The highest BCUT2D eigenvalue weighted by Crippen LogP contribution is 2.36. The lowest BCUT2D eigenvalue weighted by Crippen LogP contribution is -2.08. The smallest absolute Gasteiger partial charge is 0.241 e. The third kappa shape index (κ3) is 2.42. The van der Waals surface area contributed by atoms with Crippen molar-refractivity contribution in [1.29, 1.82) is 5.53 Å². The van der Waals surface area contributed by atoms with Crippen LogP contribution in [-0.2, 0) is 7.05 Å². The van der Waals surface area contributed by atoms with Gasteiger partial charge in [0.05, 0.1) is 0 Å². The monoisotopic (exact) mass is 275 g/mol. The SMILES string of the molecule is CCCN=C(N=N)Nc1ccc2c(O)n(C)c(O)c2c1. The van der Waals surface area contributed by atoms with Crippen LogP contribution in [0.3, 0.4) is 0 Å². The Labute approximate surface area is 116 Å². The summed E-state index contributed by atoms with van der Waals surface area (Å²) in [4.78, 5) is 4.12. The molecule has 7 nitrogen and oxygen atoms in total. The van der Waals surface area contributed by atoms with Crippen LogP contribution < -0.4 is 5.32 Å². The summed E-state index contributed by atoms with van der Waals surface area (Å²) in [5, 5.41) is 27.1. The molecular formula is C13H17N5O2. The largest absolute Gasteiger partial charge is 0.494 e. The van der Waals surface area contributed by atoms with Gasteiger partial charge in [0.15, 0.2) is 0 Å². The first-order valence-electron chi connectivity index (χ1n) is 6.27. The number of rotatable bonds is 3. The first-order chi connectivity index (χ1) is 9.58. The van der Waals surface area contributed by atoms with Crippen LogP contribution in [0.5, 0.6) is 11.8 Å². The van der Waals surface area contributed by atoms with Crippen molar-refractivity contribution in [2.24, 2.45) is 17.2 Å². The molecule has 2 rings (SSSR count). The molecular weight excluding hydrogens is 258 g/mol. The summed E-state index contributed by atoms with van der Waals surface area (Å²) < 4.78 is 1.30. The molecule has 0 aliphatic carbocycles. The number of guanidine groups is 1. The zero-order valence-electron chi connectivity index (χ0n) is 11.4. The fourth-order valence-corrected chi connectivity index (χ4v) is 1.91. The Kier molecular flexibility index (Phi) is 3.88. The number of hydrogen-bond acceptors (Lipinski definition) is 4. The van der Waals surface area contributed by atoms with Crippen molar-refractivity contribution in [1.82, 2.24) is 4.57 Å². The molecule has 106 valence electrons. The van der Waals surface area contributed by atoms with Gasteiger partial charge in [0.2, 0.25) is 17.7 Å². The second kappa shape index (κ2) is 5.60.